The van der Waals surface area contributed by atoms with Gasteiger partial charge in [-0.25, -0.2) is 17.4 Å². The van der Waals surface area contributed by atoms with Crippen molar-refractivity contribution in [3.8, 4) is 22.5 Å². The molecule has 0 atom stereocenters. The van der Waals surface area contributed by atoms with Crippen molar-refractivity contribution in [1.82, 2.24) is 20.2 Å². The molecule has 2 aromatic heterocycles. The molecular weight excluding hydrogens is 554 g/mol. The predicted molar refractivity (Wildman–Crippen MR) is 157 cm³/mol. The molecule has 1 aliphatic rings. The Balaban J connectivity index is 1.24. The van der Waals surface area contributed by atoms with E-state index in [4.69, 9.17) is 4.52 Å². The minimum absolute atomic E-state index is 0.0257. The van der Waals surface area contributed by atoms with Gasteiger partial charge in [0.25, 0.3) is 0 Å². The lowest BCUT2D eigenvalue weighted by molar-refractivity contribution is -0.140. The molecule has 0 spiro atoms. The van der Waals surface area contributed by atoms with Crippen LogP contribution in [0.25, 0.3) is 22.5 Å². The highest BCUT2D eigenvalue weighted by molar-refractivity contribution is 7.92. The molecule has 10 nitrogen and oxygen atoms in total. The van der Waals surface area contributed by atoms with Crippen LogP contribution in [0.4, 0.5) is 5.82 Å². The van der Waals surface area contributed by atoms with E-state index >= 15 is 0 Å². The number of aliphatic carboxylic acids is 1. The first-order valence-electron chi connectivity index (χ1n) is 13.5. The normalized spacial score (nSPS) is 14.0. The number of aryl methyl sites for hydroxylation is 1. The maximum Gasteiger partial charge on any atom is 0.314 e. The van der Waals surface area contributed by atoms with Crippen molar-refractivity contribution in [2.45, 2.75) is 38.3 Å². The summed E-state index contributed by atoms with van der Waals surface area (Å²) in [4.78, 5) is 11.7. The van der Waals surface area contributed by atoms with Gasteiger partial charge in [-0.15, -0.1) is 5.10 Å². The van der Waals surface area contributed by atoms with Crippen LogP contribution in [0.15, 0.2) is 89.6 Å². The molecule has 0 saturated heterocycles. The maximum absolute atomic E-state index is 12.9. The fraction of sp³-hybridized carbons (Fsp3) is 0.226. The van der Waals surface area contributed by atoms with Gasteiger partial charge in [0.05, 0.1) is 36.7 Å². The third-order valence-corrected chi connectivity index (χ3v) is 8.85. The van der Waals surface area contributed by atoms with Gasteiger partial charge in [-0.2, -0.15) is 0 Å². The van der Waals surface area contributed by atoms with Gasteiger partial charge in [0.15, 0.2) is 11.6 Å². The molecule has 0 aliphatic heterocycles. The van der Waals surface area contributed by atoms with E-state index in [0.717, 1.165) is 34.1 Å². The number of carboxylic acid groups (broad SMARTS) is 1. The Kier molecular flexibility index (Phi) is 6.90. The largest absolute Gasteiger partial charge is 0.481 e. The van der Waals surface area contributed by atoms with Crippen molar-refractivity contribution in [1.29, 1.82) is 0 Å². The summed E-state index contributed by atoms with van der Waals surface area (Å²) in [5, 5.41) is 22.0. The molecule has 11 heteroatoms. The van der Waals surface area contributed by atoms with E-state index in [1.165, 1.54) is 4.31 Å². The Morgan fingerprint density at radius 2 is 1.60 bits per heavy atom. The highest BCUT2D eigenvalue weighted by atomic mass is 32.2. The summed E-state index contributed by atoms with van der Waals surface area (Å²) < 4.78 is 34.2. The number of aromatic nitrogens is 4. The summed E-state index contributed by atoms with van der Waals surface area (Å²) in [6, 6.07) is 25.0. The number of rotatable bonds is 10. The van der Waals surface area contributed by atoms with Gasteiger partial charge in [0.2, 0.25) is 10.0 Å². The molecule has 3 aromatic carbocycles. The van der Waals surface area contributed by atoms with Crippen molar-refractivity contribution in [2.75, 3.05) is 10.6 Å². The maximum atomic E-state index is 12.9. The average Bonchev–Trinajstić information content (AvgIpc) is 3.55. The third-order valence-electron chi connectivity index (χ3n) is 7.73. The molecule has 0 bridgehead atoms. The van der Waals surface area contributed by atoms with Gasteiger partial charge in [-0.1, -0.05) is 89.2 Å². The molecule has 0 amide bonds. The van der Waals surface area contributed by atoms with Crippen molar-refractivity contribution >= 4 is 21.8 Å². The van der Waals surface area contributed by atoms with Crippen molar-refractivity contribution < 1.29 is 22.8 Å². The zero-order chi connectivity index (χ0) is 29.5. The highest BCUT2D eigenvalue weighted by Crippen LogP contribution is 2.48. The quantitative estimate of drug-likeness (QED) is 0.242. The lowest BCUT2D eigenvalue weighted by atomic mass is 9.93. The van der Waals surface area contributed by atoms with Crippen molar-refractivity contribution in [2.24, 2.45) is 0 Å². The molecule has 1 saturated carbocycles. The first-order valence-corrected chi connectivity index (χ1v) is 15.3. The first kappa shape index (κ1) is 27.4. The summed E-state index contributed by atoms with van der Waals surface area (Å²) in [5.41, 5.74) is 4.96. The van der Waals surface area contributed by atoms with Gasteiger partial charge >= 0.3 is 5.97 Å². The van der Waals surface area contributed by atoms with Gasteiger partial charge in [-0.3, -0.25) is 4.79 Å². The molecule has 214 valence electrons. The van der Waals surface area contributed by atoms with Crippen LogP contribution >= 0.6 is 0 Å². The number of nitrogens with zero attached hydrogens (tertiary/aromatic N) is 5. The van der Waals surface area contributed by atoms with Crippen LogP contribution in [0.5, 0.6) is 0 Å². The van der Waals surface area contributed by atoms with Crippen molar-refractivity contribution in [3.63, 3.8) is 0 Å². The van der Waals surface area contributed by atoms with Crippen LogP contribution in [-0.2, 0) is 33.3 Å². The SMILES string of the molecule is Cc1noc(-c2ccc(-c3ccc(C4(C(=O)O)CC4)cc3)cc2)c1CN(c1cn(Cc2ccccc2)nn1)S(C)(=O)=O. The zero-order valence-electron chi connectivity index (χ0n) is 23.1. The van der Waals surface area contributed by atoms with Crippen LogP contribution < -0.4 is 4.31 Å². The fourth-order valence-electron chi connectivity index (χ4n) is 5.11. The van der Waals surface area contributed by atoms with Crippen LogP contribution in [-0.4, -0.2) is 45.9 Å². The van der Waals surface area contributed by atoms with E-state index in [1.54, 1.807) is 17.8 Å². The number of anilines is 1. The first-order chi connectivity index (χ1) is 20.1. The lowest BCUT2D eigenvalue weighted by Crippen LogP contribution is -2.30. The topological polar surface area (TPSA) is 131 Å². The van der Waals surface area contributed by atoms with Gasteiger partial charge in [-0.05, 0) is 42.0 Å². The van der Waals surface area contributed by atoms with Crippen molar-refractivity contribution in [3.05, 3.63) is 107 Å². The molecule has 0 unspecified atom stereocenters. The number of benzene rings is 3. The number of hydrogen-bond donors (Lipinski definition) is 1. The summed E-state index contributed by atoms with van der Waals surface area (Å²) in [5.74, 6) is -0.101. The van der Waals surface area contributed by atoms with E-state index < -0.39 is 21.4 Å². The minimum atomic E-state index is -3.72. The van der Waals surface area contributed by atoms with E-state index in [2.05, 4.69) is 15.5 Å². The molecular formula is C31H29N5O5S. The van der Waals surface area contributed by atoms with E-state index in [1.807, 2.05) is 78.9 Å². The second kappa shape index (κ2) is 10.6. The Morgan fingerprint density at radius 3 is 2.19 bits per heavy atom. The Morgan fingerprint density at radius 1 is 0.976 bits per heavy atom. The van der Waals surface area contributed by atoms with Crippen LogP contribution in [0.3, 0.4) is 0 Å². The number of carbonyl (C=O) groups is 1. The van der Waals surface area contributed by atoms with Gasteiger partial charge in [0, 0.05) is 11.1 Å². The van der Waals surface area contributed by atoms with E-state index in [9.17, 15) is 18.3 Å². The van der Waals surface area contributed by atoms with E-state index in [-0.39, 0.29) is 12.4 Å². The predicted octanol–water partition coefficient (Wildman–Crippen LogP) is 5.04. The molecule has 42 heavy (non-hydrogen) atoms. The van der Waals surface area contributed by atoms with Crippen LogP contribution in [0, 0.1) is 6.92 Å². The molecule has 1 fully saturated rings. The zero-order valence-corrected chi connectivity index (χ0v) is 24.0. The standard InChI is InChI=1S/C31H29N5O5S/c1-21-27(19-36(42(2,39)40)28-20-35(34-32-28)18-22-6-4-3-5-7-22)29(41-33-21)25-10-8-23(9-11-25)24-12-14-26(15-13-24)31(16-17-31)30(37)38/h3-15,20H,16-19H2,1-2H3,(H,37,38). The number of sulfonamides is 1. The van der Waals surface area contributed by atoms with Gasteiger partial charge < -0.3 is 9.63 Å². The molecule has 1 N–H and O–H groups in total. The van der Waals surface area contributed by atoms with Crippen LogP contribution in [0.1, 0.15) is 35.2 Å². The lowest BCUT2D eigenvalue weighted by Gasteiger charge is -2.19. The van der Waals surface area contributed by atoms with Crippen LogP contribution in [0.2, 0.25) is 0 Å². The fourth-order valence-corrected chi connectivity index (χ4v) is 5.90. The molecule has 5 aromatic rings. The summed E-state index contributed by atoms with van der Waals surface area (Å²) in [6.07, 6.45) is 4.07. The molecule has 0 radical (unpaired) electrons. The monoisotopic (exact) mass is 583 g/mol. The molecule has 1 aliphatic carbocycles. The van der Waals surface area contributed by atoms with Gasteiger partial charge in [0.1, 0.15) is 0 Å². The second-order valence-corrected chi connectivity index (χ2v) is 12.6. The molecule has 6 rings (SSSR count). The Labute approximate surface area is 243 Å². The second-order valence-electron chi connectivity index (χ2n) is 10.6. The summed E-state index contributed by atoms with van der Waals surface area (Å²) in [6.45, 7) is 2.20. The van der Waals surface area contributed by atoms with E-state index in [0.29, 0.717) is 36.4 Å². The average molecular weight is 584 g/mol. The third kappa shape index (κ3) is 5.30. The molecule has 2 heterocycles. The minimum Gasteiger partial charge on any atom is -0.481 e. The number of hydrogen-bond acceptors (Lipinski definition) is 7. The highest BCUT2D eigenvalue weighted by Gasteiger charge is 2.51. The smallest absolute Gasteiger partial charge is 0.314 e. The Bertz CT molecular complexity index is 1840. The number of carboxylic acids is 1. The summed E-state index contributed by atoms with van der Waals surface area (Å²) >= 11 is 0. The Hall–Kier alpha value is -4.77. The summed E-state index contributed by atoms with van der Waals surface area (Å²) in [7, 11) is -3.72.